The first-order valence-corrected chi connectivity index (χ1v) is 3.86. The fourth-order valence-corrected chi connectivity index (χ4v) is 0.899. The number of hydrogen-bond donors (Lipinski definition) is 3. The molecule has 0 heterocycles. The van der Waals surface area contributed by atoms with E-state index in [2.05, 4.69) is 12.8 Å². The van der Waals surface area contributed by atoms with Gasteiger partial charge in [0.25, 0.3) is 0 Å². The van der Waals surface area contributed by atoms with Crippen LogP contribution >= 0.6 is 12.8 Å². The maximum atomic E-state index is 9.12. The van der Waals surface area contributed by atoms with Gasteiger partial charge in [0, 0.05) is 0 Å². The van der Waals surface area contributed by atoms with Crippen LogP contribution in [0.3, 0.4) is 0 Å². The van der Waals surface area contributed by atoms with Crippen LogP contribution < -0.4 is 0 Å². The Kier molecular flexibility index (Phi) is 5.07. The number of thiol groups is 1. The predicted octanol–water partition coefficient (Wildman–Crippen LogP) is 0.590. The molecule has 2 atom stereocenters. The maximum Gasteiger partial charge on any atom is 0.118 e. The van der Waals surface area contributed by atoms with Crippen molar-refractivity contribution in [2.45, 2.75) is 39.1 Å². The van der Waals surface area contributed by atoms with E-state index in [9.17, 15) is 0 Å². The van der Waals surface area contributed by atoms with Gasteiger partial charge in [-0.2, -0.15) is 4.31 Å². The molecule has 62 valence electrons. The highest BCUT2D eigenvalue weighted by molar-refractivity contribution is 7.77. The standard InChI is InChI=1S/C6H15NO2S/c1-3-5(8)7(10)6(9)4-2/h5-6,8-10H,3-4H2,1-2H3. The van der Waals surface area contributed by atoms with E-state index in [0.29, 0.717) is 12.8 Å². The van der Waals surface area contributed by atoms with Crippen molar-refractivity contribution in [3.05, 3.63) is 0 Å². The van der Waals surface area contributed by atoms with Crippen LogP contribution in [0, 0.1) is 0 Å². The van der Waals surface area contributed by atoms with Gasteiger partial charge in [-0.1, -0.05) is 26.7 Å². The minimum Gasteiger partial charge on any atom is -0.377 e. The van der Waals surface area contributed by atoms with Gasteiger partial charge in [0.1, 0.15) is 12.5 Å². The normalized spacial score (nSPS) is 17.4. The summed E-state index contributed by atoms with van der Waals surface area (Å²) < 4.78 is 1.25. The molecule has 10 heavy (non-hydrogen) atoms. The summed E-state index contributed by atoms with van der Waals surface area (Å²) in [7, 11) is 0. The molecule has 0 aliphatic rings. The molecule has 0 aliphatic heterocycles. The van der Waals surface area contributed by atoms with Gasteiger partial charge in [-0.25, -0.2) is 0 Å². The second-order valence-electron chi connectivity index (χ2n) is 2.16. The average molecular weight is 165 g/mol. The van der Waals surface area contributed by atoms with Gasteiger partial charge < -0.3 is 10.2 Å². The summed E-state index contributed by atoms with van der Waals surface area (Å²) in [5.41, 5.74) is 0. The van der Waals surface area contributed by atoms with Gasteiger partial charge in [-0.05, 0) is 12.8 Å². The Bertz CT molecular complexity index is 81.8. The van der Waals surface area contributed by atoms with E-state index >= 15 is 0 Å². The van der Waals surface area contributed by atoms with E-state index in [1.54, 1.807) is 0 Å². The molecule has 0 radical (unpaired) electrons. The molecule has 3 nitrogen and oxygen atoms in total. The maximum absolute atomic E-state index is 9.12. The summed E-state index contributed by atoms with van der Waals surface area (Å²) in [4.78, 5) is 0. The third kappa shape index (κ3) is 2.88. The Morgan fingerprint density at radius 1 is 1.20 bits per heavy atom. The second kappa shape index (κ2) is 4.96. The zero-order valence-electron chi connectivity index (χ0n) is 6.36. The van der Waals surface area contributed by atoms with Gasteiger partial charge >= 0.3 is 0 Å². The van der Waals surface area contributed by atoms with Gasteiger partial charge in [0.05, 0.1) is 0 Å². The summed E-state index contributed by atoms with van der Waals surface area (Å²) in [5, 5.41) is 18.2. The van der Waals surface area contributed by atoms with Crippen LogP contribution in [-0.4, -0.2) is 27.0 Å². The van der Waals surface area contributed by atoms with Crippen molar-refractivity contribution in [3.63, 3.8) is 0 Å². The van der Waals surface area contributed by atoms with Gasteiger partial charge in [0.15, 0.2) is 0 Å². The quantitative estimate of drug-likeness (QED) is 0.422. The van der Waals surface area contributed by atoms with Crippen LogP contribution in [0.1, 0.15) is 26.7 Å². The largest absolute Gasteiger partial charge is 0.377 e. The van der Waals surface area contributed by atoms with Crippen LogP contribution in [0.5, 0.6) is 0 Å². The summed E-state index contributed by atoms with van der Waals surface area (Å²) in [6, 6.07) is 0. The topological polar surface area (TPSA) is 43.7 Å². The molecule has 0 aromatic heterocycles. The van der Waals surface area contributed by atoms with E-state index < -0.39 is 12.5 Å². The van der Waals surface area contributed by atoms with Crippen molar-refractivity contribution in [1.29, 1.82) is 0 Å². The summed E-state index contributed by atoms with van der Waals surface area (Å²) in [6.45, 7) is 3.66. The van der Waals surface area contributed by atoms with Crippen LogP contribution in [0.15, 0.2) is 0 Å². The summed E-state index contributed by atoms with van der Waals surface area (Å²) >= 11 is 3.91. The molecule has 2 unspecified atom stereocenters. The molecule has 0 spiro atoms. The van der Waals surface area contributed by atoms with Crippen molar-refractivity contribution in [2.24, 2.45) is 0 Å². The zero-order chi connectivity index (χ0) is 8.15. The number of nitrogens with zero attached hydrogens (tertiary/aromatic N) is 1. The molecule has 0 aliphatic carbocycles. The fourth-order valence-electron chi connectivity index (χ4n) is 0.573. The lowest BCUT2D eigenvalue weighted by atomic mass is 10.3. The highest BCUT2D eigenvalue weighted by atomic mass is 32.1. The Morgan fingerprint density at radius 2 is 1.50 bits per heavy atom. The van der Waals surface area contributed by atoms with Crippen molar-refractivity contribution in [1.82, 2.24) is 4.31 Å². The SMILES string of the molecule is CCC(O)N(S)C(O)CC. The molecule has 0 aromatic carbocycles. The molecule has 0 bridgehead atoms. The molecule has 4 heteroatoms. The van der Waals surface area contributed by atoms with Crippen LogP contribution in [0.25, 0.3) is 0 Å². The summed E-state index contributed by atoms with van der Waals surface area (Å²) in [5.74, 6) is 0. The van der Waals surface area contributed by atoms with Crippen LogP contribution in [-0.2, 0) is 0 Å². The monoisotopic (exact) mass is 165 g/mol. The second-order valence-corrected chi connectivity index (χ2v) is 2.62. The first-order valence-electron chi connectivity index (χ1n) is 3.46. The van der Waals surface area contributed by atoms with Crippen molar-refractivity contribution >= 4 is 12.8 Å². The predicted molar refractivity (Wildman–Crippen MR) is 43.4 cm³/mol. The van der Waals surface area contributed by atoms with E-state index in [1.165, 1.54) is 4.31 Å². The molecule has 0 saturated carbocycles. The lowest BCUT2D eigenvalue weighted by Crippen LogP contribution is -2.35. The smallest absolute Gasteiger partial charge is 0.118 e. The van der Waals surface area contributed by atoms with E-state index in [-0.39, 0.29) is 0 Å². The lowest BCUT2D eigenvalue weighted by molar-refractivity contribution is -0.0374. The van der Waals surface area contributed by atoms with Gasteiger partial charge in [-0.3, -0.25) is 0 Å². The molecule has 0 saturated heterocycles. The summed E-state index contributed by atoms with van der Waals surface area (Å²) in [6.07, 6.45) is -0.169. The molecule has 0 fully saturated rings. The highest BCUT2D eigenvalue weighted by Crippen LogP contribution is 2.09. The number of aliphatic hydroxyl groups is 2. The van der Waals surface area contributed by atoms with Crippen LogP contribution in [0.4, 0.5) is 0 Å². The Hall–Kier alpha value is 0.230. The molecular formula is C6H15NO2S. The minimum atomic E-state index is -0.654. The molecule has 0 aromatic rings. The van der Waals surface area contributed by atoms with Gasteiger partial charge in [0.2, 0.25) is 0 Å². The highest BCUT2D eigenvalue weighted by Gasteiger charge is 2.15. The van der Waals surface area contributed by atoms with E-state index in [1.807, 2.05) is 13.8 Å². The number of aliphatic hydroxyl groups excluding tert-OH is 2. The molecule has 0 rings (SSSR count). The third-order valence-corrected chi connectivity index (χ3v) is 1.87. The first-order chi connectivity index (χ1) is 4.63. The van der Waals surface area contributed by atoms with Crippen molar-refractivity contribution < 1.29 is 10.2 Å². The number of rotatable bonds is 4. The van der Waals surface area contributed by atoms with E-state index in [4.69, 9.17) is 10.2 Å². The Labute approximate surface area is 67.2 Å². The van der Waals surface area contributed by atoms with Crippen molar-refractivity contribution in [3.8, 4) is 0 Å². The molecule has 0 amide bonds. The van der Waals surface area contributed by atoms with Crippen LogP contribution in [0.2, 0.25) is 0 Å². The lowest BCUT2D eigenvalue weighted by Gasteiger charge is -2.24. The molecule has 2 N–H and O–H groups in total. The Morgan fingerprint density at radius 3 is 1.70 bits per heavy atom. The first kappa shape index (κ1) is 10.2. The third-order valence-electron chi connectivity index (χ3n) is 1.34. The van der Waals surface area contributed by atoms with Crippen molar-refractivity contribution in [2.75, 3.05) is 0 Å². The zero-order valence-corrected chi connectivity index (χ0v) is 7.25. The fraction of sp³-hybridized carbons (Fsp3) is 1.00. The van der Waals surface area contributed by atoms with Gasteiger partial charge in [-0.15, -0.1) is 0 Å². The average Bonchev–Trinajstić information content (AvgIpc) is 2.00. The van der Waals surface area contributed by atoms with E-state index in [0.717, 1.165) is 0 Å². The molecular weight excluding hydrogens is 150 g/mol. The Balaban J connectivity index is 3.69. The minimum absolute atomic E-state index is 0.570. The number of hydrogen-bond acceptors (Lipinski definition) is 4.